The smallest absolute Gasteiger partial charge is 0.257 e. The number of nitrogens with zero attached hydrogens (tertiary/aromatic N) is 1. The standard InChI is InChI=1S/C17H20N2O2.ClH/c20-16(14-11-21-15-4-2-1-3-13(14)15)19-10-7-17(12-19)5-8-18-9-6-17;/h1-4,11,18H,5-10,12H2;1H. The molecule has 1 N–H and O–H groups in total. The molecule has 1 aromatic heterocycles. The highest BCUT2D eigenvalue weighted by molar-refractivity contribution is 6.06. The number of halogens is 1. The second kappa shape index (κ2) is 5.94. The molecule has 2 aromatic rings. The molecule has 22 heavy (non-hydrogen) atoms. The van der Waals surface area contributed by atoms with Gasteiger partial charge in [0.25, 0.3) is 5.91 Å². The summed E-state index contributed by atoms with van der Waals surface area (Å²) >= 11 is 0. The number of para-hydroxylation sites is 1. The van der Waals surface area contributed by atoms with Crippen molar-refractivity contribution in [2.45, 2.75) is 19.3 Å². The van der Waals surface area contributed by atoms with Crippen LogP contribution in [0.25, 0.3) is 11.0 Å². The molecule has 118 valence electrons. The molecule has 2 aliphatic rings. The van der Waals surface area contributed by atoms with Gasteiger partial charge < -0.3 is 14.6 Å². The monoisotopic (exact) mass is 320 g/mol. The van der Waals surface area contributed by atoms with E-state index in [0.717, 1.165) is 43.6 Å². The van der Waals surface area contributed by atoms with Crippen molar-refractivity contribution >= 4 is 29.3 Å². The lowest BCUT2D eigenvalue weighted by Crippen LogP contribution is -2.39. The van der Waals surface area contributed by atoms with Gasteiger partial charge in [0.2, 0.25) is 0 Å². The molecule has 5 heteroatoms. The first-order valence-corrected chi connectivity index (χ1v) is 7.74. The topological polar surface area (TPSA) is 45.5 Å². The highest BCUT2D eigenvalue weighted by Gasteiger charge is 2.41. The lowest BCUT2D eigenvalue weighted by Gasteiger charge is -2.33. The molecule has 1 amide bonds. The van der Waals surface area contributed by atoms with Gasteiger partial charge in [-0.25, -0.2) is 0 Å². The number of benzene rings is 1. The minimum Gasteiger partial charge on any atom is -0.463 e. The van der Waals surface area contributed by atoms with Crippen molar-refractivity contribution < 1.29 is 9.21 Å². The number of carbonyl (C=O) groups is 1. The summed E-state index contributed by atoms with van der Waals surface area (Å²) in [5, 5.41) is 4.34. The molecule has 0 atom stereocenters. The number of fused-ring (bicyclic) bond motifs is 1. The average molecular weight is 321 g/mol. The van der Waals surface area contributed by atoms with E-state index < -0.39 is 0 Å². The molecule has 1 aromatic carbocycles. The van der Waals surface area contributed by atoms with Gasteiger partial charge in [0.15, 0.2) is 0 Å². The van der Waals surface area contributed by atoms with Crippen molar-refractivity contribution in [2.24, 2.45) is 5.41 Å². The van der Waals surface area contributed by atoms with Crippen molar-refractivity contribution in [1.29, 1.82) is 0 Å². The van der Waals surface area contributed by atoms with Crippen LogP contribution in [0.2, 0.25) is 0 Å². The van der Waals surface area contributed by atoms with E-state index in [-0.39, 0.29) is 18.3 Å². The molecule has 0 saturated carbocycles. The van der Waals surface area contributed by atoms with E-state index in [1.54, 1.807) is 6.26 Å². The van der Waals surface area contributed by atoms with Crippen molar-refractivity contribution in [3.05, 3.63) is 36.1 Å². The second-order valence-electron chi connectivity index (χ2n) is 6.37. The highest BCUT2D eigenvalue weighted by Crippen LogP contribution is 2.39. The summed E-state index contributed by atoms with van der Waals surface area (Å²) in [5.74, 6) is 0.121. The summed E-state index contributed by atoms with van der Waals surface area (Å²) in [6.45, 7) is 3.93. The van der Waals surface area contributed by atoms with E-state index in [9.17, 15) is 4.79 Å². The van der Waals surface area contributed by atoms with E-state index in [2.05, 4.69) is 5.32 Å². The lowest BCUT2D eigenvalue weighted by molar-refractivity contribution is 0.0763. The average Bonchev–Trinajstić information content (AvgIpc) is 3.12. The van der Waals surface area contributed by atoms with Gasteiger partial charge in [0.05, 0.1) is 5.56 Å². The molecule has 2 saturated heterocycles. The molecular formula is C17H21ClN2O2. The predicted octanol–water partition coefficient (Wildman–Crippen LogP) is 3.07. The second-order valence-corrected chi connectivity index (χ2v) is 6.37. The van der Waals surface area contributed by atoms with Crippen LogP contribution >= 0.6 is 12.4 Å². The normalized spacial score (nSPS) is 20.3. The fourth-order valence-corrected chi connectivity index (χ4v) is 3.79. The Kier molecular flexibility index (Phi) is 4.15. The maximum absolute atomic E-state index is 12.8. The Morgan fingerprint density at radius 2 is 1.95 bits per heavy atom. The van der Waals surface area contributed by atoms with Crippen LogP contribution in [0.5, 0.6) is 0 Å². The highest BCUT2D eigenvalue weighted by atomic mass is 35.5. The minimum absolute atomic E-state index is 0. The number of amides is 1. The Morgan fingerprint density at radius 3 is 2.77 bits per heavy atom. The number of hydrogen-bond donors (Lipinski definition) is 1. The lowest BCUT2D eigenvalue weighted by atomic mass is 9.78. The Labute approximate surface area is 136 Å². The van der Waals surface area contributed by atoms with Gasteiger partial charge >= 0.3 is 0 Å². The van der Waals surface area contributed by atoms with Crippen LogP contribution in [0.4, 0.5) is 0 Å². The number of likely N-dealkylation sites (tertiary alicyclic amines) is 1. The number of rotatable bonds is 1. The molecule has 1 spiro atoms. The zero-order chi connectivity index (χ0) is 14.3. The third kappa shape index (κ3) is 2.50. The molecule has 2 aliphatic heterocycles. The summed E-state index contributed by atoms with van der Waals surface area (Å²) in [6, 6.07) is 7.75. The Balaban J connectivity index is 0.00000144. The van der Waals surface area contributed by atoms with Gasteiger partial charge in [-0.15, -0.1) is 12.4 Å². The van der Waals surface area contributed by atoms with Crippen LogP contribution in [-0.4, -0.2) is 37.0 Å². The Bertz CT molecular complexity index is 676. The third-order valence-corrected chi connectivity index (χ3v) is 5.10. The van der Waals surface area contributed by atoms with Crippen LogP contribution in [0.15, 0.2) is 34.9 Å². The van der Waals surface area contributed by atoms with Gasteiger partial charge in [0.1, 0.15) is 11.8 Å². The number of furan rings is 1. The summed E-state index contributed by atoms with van der Waals surface area (Å²) in [4.78, 5) is 14.8. The quantitative estimate of drug-likeness (QED) is 0.878. The van der Waals surface area contributed by atoms with E-state index >= 15 is 0 Å². The first kappa shape index (κ1) is 15.4. The molecule has 2 fully saturated rings. The van der Waals surface area contributed by atoms with Crippen molar-refractivity contribution in [3.8, 4) is 0 Å². The fourth-order valence-electron chi connectivity index (χ4n) is 3.79. The fraction of sp³-hybridized carbons (Fsp3) is 0.471. The zero-order valence-electron chi connectivity index (χ0n) is 12.5. The van der Waals surface area contributed by atoms with Crippen LogP contribution < -0.4 is 5.32 Å². The summed E-state index contributed by atoms with van der Waals surface area (Å²) in [6.07, 6.45) is 5.11. The third-order valence-electron chi connectivity index (χ3n) is 5.10. The Morgan fingerprint density at radius 1 is 1.18 bits per heavy atom. The largest absolute Gasteiger partial charge is 0.463 e. The first-order valence-electron chi connectivity index (χ1n) is 7.74. The summed E-state index contributed by atoms with van der Waals surface area (Å²) in [5.41, 5.74) is 1.84. The van der Waals surface area contributed by atoms with Crippen molar-refractivity contribution in [1.82, 2.24) is 10.2 Å². The molecule has 0 bridgehead atoms. The molecule has 4 rings (SSSR count). The maximum atomic E-state index is 12.8. The molecule has 0 aliphatic carbocycles. The van der Waals surface area contributed by atoms with Crippen LogP contribution in [0, 0.1) is 5.41 Å². The SMILES string of the molecule is Cl.O=C(c1coc2ccccc12)N1CCC2(CCNCC2)C1. The zero-order valence-corrected chi connectivity index (χ0v) is 13.3. The number of nitrogens with one attached hydrogen (secondary N) is 1. The molecule has 0 radical (unpaired) electrons. The number of piperidine rings is 1. The van der Waals surface area contributed by atoms with Gasteiger partial charge in [-0.2, -0.15) is 0 Å². The summed E-state index contributed by atoms with van der Waals surface area (Å²) in [7, 11) is 0. The van der Waals surface area contributed by atoms with Gasteiger partial charge in [-0.3, -0.25) is 4.79 Å². The first-order chi connectivity index (χ1) is 10.3. The predicted molar refractivity (Wildman–Crippen MR) is 88.5 cm³/mol. The van der Waals surface area contributed by atoms with Crippen molar-refractivity contribution in [2.75, 3.05) is 26.2 Å². The minimum atomic E-state index is 0. The van der Waals surface area contributed by atoms with E-state index in [4.69, 9.17) is 4.42 Å². The van der Waals surface area contributed by atoms with Crippen molar-refractivity contribution in [3.63, 3.8) is 0 Å². The maximum Gasteiger partial charge on any atom is 0.257 e. The molecular weight excluding hydrogens is 300 g/mol. The molecule has 0 unspecified atom stereocenters. The van der Waals surface area contributed by atoms with E-state index in [0.29, 0.717) is 11.0 Å². The number of carbonyl (C=O) groups excluding carboxylic acids is 1. The number of hydrogen-bond acceptors (Lipinski definition) is 3. The van der Waals surface area contributed by atoms with Crippen LogP contribution in [-0.2, 0) is 0 Å². The van der Waals surface area contributed by atoms with Crippen LogP contribution in [0.3, 0.4) is 0 Å². The van der Waals surface area contributed by atoms with E-state index in [1.807, 2.05) is 29.2 Å². The summed E-state index contributed by atoms with van der Waals surface area (Å²) < 4.78 is 5.51. The van der Waals surface area contributed by atoms with Gasteiger partial charge in [-0.1, -0.05) is 18.2 Å². The Hall–Kier alpha value is -1.52. The van der Waals surface area contributed by atoms with Gasteiger partial charge in [0, 0.05) is 18.5 Å². The van der Waals surface area contributed by atoms with Crippen LogP contribution in [0.1, 0.15) is 29.6 Å². The van der Waals surface area contributed by atoms with Gasteiger partial charge in [-0.05, 0) is 43.8 Å². The molecule has 3 heterocycles. The van der Waals surface area contributed by atoms with E-state index in [1.165, 1.54) is 12.8 Å². The molecule has 4 nitrogen and oxygen atoms in total.